The summed E-state index contributed by atoms with van der Waals surface area (Å²) in [7, 11) is 1.92. The highest BCUT2D eigenvalue weighted by Crippen LogP contribution is 2.21. The minimum Gasteiger partial charge on any atom is -0.314 e. The fourth-order valence-electron chi connectivity index (χ4n) is 2.04. The molecule has 2 heterocycles. The normalized spacial score (nSPS) is 11.1. The van der Waals surface area contributed by atoms with Crippen LogP contribution in [0, 0.1) is 0 Å². The predicted octanol–water partition coefficient (Wildman–Crippen LogP) is 2.50. The summed E-state index contributed by atoms with van der Waals surface area (Å²) in [4.78, 5) is 9.10. The smallest absolute Gasteiger partial charge is 0.0968 e. The number of aromatic nitrogens is 2. The van der Waals surface area contributed by atoms with Gasteiger partial charge in [-0.25, -0.2) is 4.98 Å². The van der Waals surface area contributed by atoms with Crippen molar-refractivity contribution in [1.82, 2.24) is 15.3 Å². The molecule has 3 heteroatoms. The van der Waals surface area contributed by atoms with Gasteiger partial charge in [0.25, 0.3) is 0 Å². The number of hydrogen-bond acceptors (Lipinski definition) is 3. The molecule has 1 aromatic carbocycles. The zero-order chi connectivity index (χ0) is 11.7. The Labute approximate surface area is 99.5 Å². The van der Waals surface area contributed by atoms with E-state index in [9.17, 15) is 0 Å². The number of nitrogens with zero attached hydrogens (tertiary/aromatic N) is 2. The highest BCUT2D eigenvalue weighted by molar-refractivity contribution is 6.02. The molecule has 0 aliphatic carbocycles. The molecule has 0 bridgehead atoms. The van der Waals surface area contributed by atoms with Crippen molar-refractivity contribution in [3.8, 4) is 0 Å². The lowest BCUT2D eigenvalue weighted by Crippen LogP contribution is -2.06. The lowest BCUT2D eigenvalue weighted by Gasteiger charge is -2.04. The van der Waals surface area contributed by atoms with E-state index >= 15 is 0 Å². The quantitative estimate of drug-likeness (QED) is 0.678. The Morgan fingerprint density at radius 3 is 2.59 bits per heavy atom. The van der Waals surface area contributed by atoms with Gasteiger partial charge in [0.2, 0.25) is 0 Å². The van der Waals surface area contributed by atoms with Gasteiger partial charge in [-0.15, -0.1) is 0 Å². The van der Waals surface area contributed by atoms with Crippen LogP contribution < -0.4 is 5.32 Å². The Morgan fingerprint density at radius 1 is 1.00 bits per heavy atom. The highest BCUT2D eigenvalue weighted by atomic mass is 14.9. The molecule has 0 aliphatic rings. The molecule has 0 saturated heterocycles. The number of benzene rings is 1. The van der Waals surface area contributed by atoms with E-state index in [4.69, 9.17) is 0 Å². The third-order valence-electron chi connectivity index (χ3n) is 2.85. The summed E-state index contributed by atoms with van der Waals surface area (Å²) in [5.41, 5.74) is 3.00. The van der Waals surface area contributed by atoms with Crippen LogP contribution in [-0.2, 0) is 6.54 Å². The standard InChI is InChI=1S/C14H13N3/c1-15-9-12-7-6-11-5-4-10-3-2-8-16-13(10)14(11)17-12/h2-8,15H,9H2,1H3. The Hall–Kier alpha value is -2.00. The van der Waals surface area contributed by atoms with Crippen LogP contribution in [0.5, 0.6) is 0 Å². The molecule has 0 spiro atoms. The topological polar surface area (TPSA) is 37.8 Å². The molecule has 0 radical (unpaired) electrons. The van der Waals surface area contributed by atoms with E-state index in [1.807, 2.05) is 25.4 Å². The van der Waals surface area contributed by atoms with Crippen LogP contribution >= 0.6 is 0 Å². The van der Waals surface area contributed by atoms with E-state index in [-0.39, 0.29) is 0 Å². The molecule has 0 aliphatic heterocycles. The molecule has 0 atom stereocenters. The average molecular weight is 223 g/mol. The van der Waals surface area contributed by atoms with Crippen molar-refractivity contribution in [1.29, 1.82) is 0 Å². The number of fused-ring (bicyclic) bond motifs is 3. The lowest BCUT2D eigenvalue weighted by molar-refractivity contribution is 0.796. The lowest BCUT2D eigenvalue weighted by atomic mass is 10.1. The van der Waals surface area contributed by atoms with Gasteiger partial charge < -0.3 is 5.32 Å². The molecule has 0 saturated carbocycles. The summed E-state index contributed by atoms with van der Waals surface area (Å²) in [5.74, 6) is 0. The first-order valence-corrected chi connectivity index (χ1v) is 5.66. The van der Waals surface area contributed by atoms with Gasteiger partial charge in [-0.1, -0.05) is 24.3 Å². The zero-order valence-electron chi connectivity index (χ0n) is 9.64. The van der Waals surface area contributed by atoms with Crippen LogP contribution in [-0.4, -0.2) is 17.0 Å². The van der Waals surface area contributed by atoms with E-state index in [0.717, 1.165) is 34.0 Å². The summed E-state index contributed by atoms with van der Waals surface area (Å²) >= 11 is 0. The SMILES string of the molecule is CNCc1ccc2ccc3cccnc3c2n1. The van der Waals surface area contributed by atoms with Crippen molar-refractivity contribution < 1.29 is 0 Å². The van der Waals surface area contributed by atoms with Crippen LogP contribution in [0.25, 0.3) is 21.8 Å². The number of hydrogen-bond donors (Lipinski definition) is 1. The summed E-state index contributed by atoms with van der Waals surface area (Å²) in [6, 6.07) is 12.3. The Balaban J connectivity index is 2.34. The molecule has 3 rings (SSSR count). The van der Waals surface area contributed by atoms with Crippen LogP contribution in [0.15, 0.2) is 42.6 Å². The average Bonchev–Trinajstić information content (AvgIpc) is 2.39. The fraction of sp³-hybridized carbons (Fsp3) is 0.143. The van der Waals surface area contributed by atoms with Crippen molar-refractivity contribution in [2.75, 3.05) is 7.05 Å². The molecular formula is C14H13N3. The largest absolute Gasteiger partial charge is 0.314 e. The van der Waals surface area contributed by atoms with Gasteiger partial charge in [-0.3, -0.25) is 4.98 Å². The molecule has 84 valence electrons. The van der Waals surface area contributed by atoms with Gasteiger partial charge in [0, 0.05) is 23.5 Å². The maximum Gasteiger partial charge on any atom is 0.0968 e. The summed E-state index contributed by atoms with van der Waals surface area (Å²) in [5, 5.41) is 5.38. The minimum atomic E-state index is 0.777. The molecule has 3 nitrogen and oxygen atoms in total. The monoisotopic (exact) mass is 223 g/mol. The van der Waals surface area contributed by atoms with Crippen LogP contribution in [0.3, 0.4) is 0 Å². The first-order chi connectivity index (χ1) is 8.38. The zero-order valence-corrected chi connectivity index (χ0v) is 9.64. The Kier molecular flexibility index (Phi) is 2.46. The summed E-state index contributed by atoms with van der Waals surface area (Å²) in [6.45, 7) is 0.777. The minimum absolute atomic E-state index is 0.777. The second-order valence-corrected chi connectivity index (χ2v) is 4.05. The summed E-state index contributed by atoms with van der Waals surface area (Å²) in [6.07, 6.45) is 1.81. The van der Waals surface area contributed by atoms with Gasteiger partial charge in [-0.2, -0.15) is 0 Å². The Morgan fingerprint density at radius 2 is 1.76 bits per heavy atom. The Bertz CT molecular complexity index is 676. The van der Waals surface area contributed by atoms with Crippen molar-refractivity contribution in [3.63, 3.8) is 0 Å². The van der Waals surface area contributed by atoms with Crippen molar-refractivity contribution in [3.05, 3.63) is 48.3 Å². The van der Waals surface area contributed by atoms with Crippen LogP contribution in [0.2, 0.25) is 0 Å². The van der Waals surface area contributed by atoms with Crippen molar-refractivity contribution in [2.45, 2.75) is 6.54 Å². The second kappa shape index (κ2) is 4.11. The second-order valence-electron chi connectivity index (χ2n) is 4.05. The molecule has 17 heavy (non-hydrogen) atoms. The maximum atomic E-state index is 4.67. The van der Waals surface area contributed by atoms with Crippen molar-refractivity contribution >= 4 is 21.8 Å². The van der Waals surface area contributed by atoms with Crippen LogP contribution in [0.1, 0.15) is 5.69 Å². The molecule has 1 N–H and O–H groups in total. The number of pyridine rings is 2. The number of rotatable bonds is 2. The van der Waals surface area contributed by atoms with Gasteiger partial charge >= 0.3 is 0 Å². The fourth-order valence-corrected chi connectivity index (χ4v) is 2.04. The molecular weight excluding hydrogens is 210 g/mol. The molecule has 0 unspecified atom stereocenters. The van der Waals surface area contributed by atoms with Gasteiger partial charge in [0.1, 0.15) is 0 Å². The predicted molar refractivity (Wildman–Crippen MR) is 69.8 cm³/mol. The molecule has 2 aromatic heterocycles. The highest BCUT2D eigenvalue weighted by Gasteiger charge is 2.03. The molecule has 0 fully saturated rings. The maximum absolute atomic E-state index is 4.67. The molecule has 3 aromatic rings. The first kappa shape index (κ1) is 10.2. The van der Waals surface area contributed by atoms with E-state index < -0.39 is 0 Å². The first-order valence-electron chi connectivity index (χ1n) is 5.66. The third kappa shape index (κ3) is 1.74. The van der Waals surface area contributed by atoms with Gasteiger partial charge in [0.05, 0.1) is 16.7 Å². The van der Waals surface area contributed by atoms with Crippen LogP contribution in [0.4, 0.5) is 0 Å². The van der Waals surface area contributed by atoms with E-state index in [0.29, 0.717) is 0 Å². The van der Waals surface area contributed by atoms with E-state index in [1.54, 1.807) is 0 Å². The van der Waals surface area contributed by atoms with Gasteiger partial charge in [0.15, 0.2) is 0 Å². The van der Waals surface area contributed by atoms with Gasteiger partial charge in [-0.05, 0) is 19.2 Å². The third-order valence-corrected chi connectivity index (χ3v) is 2.85. The van der Waals surface area contributed by atoms with E-state index in [1.165, 1.54) is 0 Å². The summed E-state index contributed by atoms with van der Waals surface area (Å²) < 4.78 is 0. The number of nitrogens with one attached hydrogen (secondary N) is 1. The molecule has 0 amide bonds. The van der Waals surface area contributed by atoms with E-state index in [2.05, 4.69) is 39.6 Å². The van der Waals surface area contributed by atoms with Crippen molar-refractivity contribution in [2.24, 2.45) is 0 Å².